The fourth-order valence-electron chi connectivity index (χ4n) is 4.68. The van der Waals surface area contributed by atoms with E-state index in [0.29, 0.717) is 23.0 Å². The molecule has 9 heteroatoms. The van der Waals surface area contributed by atoms with Gasteiger partial charge < -0.3 is 14.1 Å². The van der Waals surface area contributed by atoms with Crippen molar-refractivity contribution >= 4 is 37.9 Å². The molecule has 0 aliphatic heterocycles. The minimum Gasteiger partial charge on any atom is -0.425 e. The van der Waals surface area contributed by atoms with Crippen molar-refractivity contribution in [2.75, 3.05) is 0 Å². The highest BCUT2D eigenvalue weighted by atomic mass is 32.2. The number of rotatable bonds is 8. The predicted molar refractivity (Wildman–Crippen MR) is 150 cm³/mol. The van der Waals surface area contributed by atoms with Crippen molar-refractivity contribution in [3.8, 4) is 5.75 Å². The van der Waals surface area contributed by atoms with Gasteiger partial charge in [0.05, 0.1) is 10.3 Å². The second-order valence-corrected chi connectivity index (χ2v) is 11.3. The predicted octanol–water partition coefficient (Wildman–Crippen LogP) is 4.95. The molecule has 0 amide bonds. The van der Waals surface area contributed by atoms with E-state index >= 15 is 0 Å². The van der Waals surface area contributed by atoms with Gasteiger partial charge in [-0.2, -0.15) is 4.72 Å². The van der Waals surface area contributed by atoms with E-state index in [-0.39, 0.29) is 17.1 Å². The maximum atomic E-state index is 13.7. The highest BCUT2D eigenvalue weighted by Gasteiger charge is 2.29. The standard InChI is InChI=1S/C30H28N2O6S/c1-4-20-16-28(33)37-26-13-19(3)14-27(29(20)26)38-30(34)25(15-21-17-31-24-8-6-5-7-23(21)24)32-39(35,36)22-11-9-18(2)10-12-22/h5-14,16-17,25,31-32H,4,15H2,1-3H3/t25-/m1/s1. The number of hydrogen-bond acceptors (Lipinski definition) is 6. The molecule has 1 atom stereocenters. The van der Waals surface area contributed by atoms with Gasteiger partial charge in [0.1, 0.15) is 17.4 Å². The number of nitrogens with one attached hydrogen (secondary N) is 2. The molecule has 5 rings (SSSR count). The Morgan fingerprint density at radius 3 is 2.49 bits per heavy atom. The number of aromatic amines is 1. The van der Waals surface area contributed by atoms with Crippen molar-refractivity contribution in [1.82, 2.24) is 9.71 Å². The smallest absolute Gasteiger partial charge is 0.336 e. The van der Waals surface area contributed by atoms with Gasteiger partial charge in [0.15, 0.2) is 0 Å². The van der Waals surface area contributed by atoms with Crippen LogP contribution in [0.25, 0.3) is 21.9 Å². The Hall–Kier alpha value is -4.21. The van der Waals surface area contributed by atoms with Gasteiger partial charge in [-0.05, 0) is 67.3 Å². The van der Waals surface area contributed by atoms with Crippen LogP contribution in [0.2, 0.25) is 0 Å². The van der Waals surface area contributed by atoms with Gasteiger partial charge in [0, 0.05) is 29.6 Å². The zero-order chi connectivity index (χ0) is 27.7. The molecule has 2 heterocycles. The van der Waals surface area contributed by atoms with Crippen LogP contribution < -0.4 is 15.1 Å². The van der Waals surface area contributed by atoms with Crippen LogP contribution in [-0.2, 0) is 27.7 Å². The summed E-state index contributed by atoms with van der Waals surface area (Å²) in [5, 5.41) is 1.38. The summed E-state index contributed by atoms with van der Waals surface area (Å²) in [6, 6.07) is 17.5. The van der Waals surface area contributed by atoms with E-state index in [4.69, 9.17) is 9.15 Å². The van der Waals surface area contributed by atoms with Crippen LogP contribution in [0, 0.1) is 13.8 Å². The molecule has 200 valence electrons. The molecule has 2 N–H and O–H groups in total. The van der Waals surface area contributed by atoms with E-state index in [2.05, 4.69) is 9.71 Å². The van der Waals surface area contributed by atoms with E-state index in [1.54, 1.807) is 37.4 Å². The second-order valence-electron chi connectivity index (χ2n) is 9.55. The van der Waals surface area contributed by atoms with Crippen LogP contribution in [-0.4, -0.2) is 25.4 Å². The van der Waals surface area contributed by atoms with Crippen LogP contribution in [0.15, 0.2) is 87.0 Å². The van der Waals surface area contributed by atoms with Gasteiger partial charge in [0.2, 0.25) is 10.0 Å². The molecular weight excluding hydrogens is 516 g/mol. The summed E-state index contributed by atoms with van der Waals surface area (Å²) >= 11 is 0. The first-order valence-corrected chi connectivity index (χ1v) is 14.1. The van der Waals surface area contributed by atoms with E-state index in [9.17, 15) is 18.0 Å². The van der Waals surface area contributed by atoms with Gasteiger partial charge >= 0.3 is 11.6 Å². The molecule has 0 saturated heterocycles. The zero-order valence-corrected chi connectivity index (χ0v) is 22.6. The van der Waals surface area contributed by atoms with Crippen LogP contribution in [0.1, 0.15) is 29.2 Å². The number of carbonyl (C=O) groups is 1. The number of benzene rings is 3. The highest BCUT2D eigenvalue weighted by molar-refractivity contribution is 7.89. The normalized spacial score (nSPS) is 12.6. The quantitative estimate of drug-likeness (QED) is 0.162. The van der Waals surface area contributed by atoms with Crippen molar-refractivity contribution in [2.24, 2.45) is 0 Å². The molecule has 0 radical (unpaired) electrons. The number of fused-ring (bicyclic) bond motifs is 2. The lowest BCUT2D eigenvalue weighted by Crippen LogP contribution is -2.44. The van der Waals surface area contributed by atoms with E-state index in [1.165, 1.54) is 18.2 Å². The first-order chi connectivity index (χ1) is 18.6. The molecule has 3 aromatic carbocycles. The number of para-hydroxylation sites is 1. The van der Waals surface area contributed by atoms with Crippen molar-refractivity contribution in [3.63, 3.8) is 0 Å². The summed E-state index contributed by atoms with van der Waals surface area (Å²) in [7, 11) is -4.06. The summed E-state index contributed by atoms with van der Waals surface area (Å²) in [5.41, 5.74) is 3.73. The third kappa shape index (κ3) is 5.50. The molecule has 0 aliphatic rings. The first-order valence-electron chi connectivity index (χ1n) is 12.6. The van der Waals surface area contributed by atoms with Crippen molar-refractivity contribution in [2.45, 2.75) is 44.6 Å². The van der Waals surface area contributed by atoms with Crippen molar-refractivity contribution in [1.29, 1.82) is 0 Å². The van der Waals surface area contributed by atoms with E-state index < -0.39 is 27.7 Å². The van der Waals surface area contributed by atoms with Gasteiger partial charge in [-0.1, -0.05) is 42.8 Å². The summed E-state index contributed by atoms with van der Waals surface area (Å²) in [4.78, 5) is 29.0. The summed E-state index contributed by atoms with van der Waals surface area (Å²) < 4.78 is 40.5. The van der Waals surface area contributed by atoms with E-state index in [0.717, 1.165) is 27.6 Å². The largest absolute Gasteiger partial charge is 0.425 e. The lowest BCUT2D eigenvalue weighted by Gasteiger charge is -2.19. The molecule has 0 saturated carbocycles. The number of sulfonamides is 1. The Morgan fingerprint density at radius 2 is 1.74 bits per heavy atom. The summed E-state index contributed by atoms with van der Waals surface area (Å²) in [6.07, 6.45) is 2.32. The summed E-state index contributed by atoms with van der Waals surface area (Å²) in [5.74, 6) is -0.579. The van der Waals surface area contributed by atoms with Gasteiger partial charge in [-0.25, -0.2) is 18.0 Å². The number of H-pyrrole nitrogens is 1. The maximum absolute atomic E-state index is 13.7. The fraction of sp³-hybridized carbons (Fsp3) is 0.200. The minimum atomic E-state index is -4.06. The van der Waals surface area contributed by atoms with Crippen LogP contribution in [0.5, 0.6) is 5.75 Å². The Morgan fingerprint density at radius 1 is 1.00 bits per heavy atom. The molecule has 8 nitrogen and oxygen atoms in total. The Bertz CT molecular complexity index is 1850. The number of ether oxygens (including phenoxy) is 1. The molecule has 0 fully saturated rings. The molecule has 2 aromatic heterocycles. The molecule has 5 aromatic rings. The molecule has 0 spiro atoms. The SMILES string of the molecule is CCc1cc(=O)oc2cc(C)cc(OC(=O)[C@@H](Cc3c[nH]c4ccccc34)NS(=O)(=O)c3ccc(C)cc3)c12. The molecular formula is C30H28N2O6S. The van der Waals surface area contributed by atoms with Crippen LogP contribution >= 0.6 is 0 Å². The minimum absolute atomic E-state index is 0.0425. The average Bonchev–Trinajstić information content (AvgIpc) is 3.30. The molecule has 39 heavy (non-hydrogen) atoms. The third-order valence-corrected chi connectivity index (χ3v) is 8.13. The van der Waals surface area contributed by atoms with E-state index in [1.807, 2.05) is 38.1 Å². The average molecular weight is 545 g/mol. The van der Waals surface area contributed by atoms with Crippen molar-refractivity contribution < 1.29 is 22.4 Å². The lowest BCUT2D eigenvalue weighted by molar-refractivity contribution is -0.136. The third-order valence-electron chi connectivity index (χ3n) is 6.64. The topological polar surface area (TPSA) is 118 Å². The Balaban J connectivity index is 1.55. The van der Waals surface area contributed by atoms with Gasteiger partial charge in [0.25, 0.3) is 0 Å². The van der Waals surface area contributed by atoms with Crippen molar-refractivity contribution in [3.05, 3.63) is 106 Å². The number of esters is 1. The Labute approximate surface area is 225 Å². The number of hydrogen-bond donors (Lipinski definition) is 2. The highest BCUT2D eigenvalue weighted by Crippen LogP contribution is 2.31. The lowest BCUT2D eigenvalue weighted by atomic mass is 10.0. The number of aryl methyl sites for hydroxylation is 3. The van der Waals surface area contributed by atoms with Crippen LogP contribution in [0.3, 0.4) is 0 Å². The monoisotopic (exact) mass is 544 g/mol. The van der Waals surface area contributed by atoms with Gasteiger partial charge in [-0.3, -0.25) is 0 Å². The zero-order valence-electron chi connectivity index (χ0n) is 21.8. The second kappa shape index (κ2) is 10.5. The Kier molecular flexibility index (Phi) is 7.12. The maximum Gasteiger partial charge on any atom is 0.336 e. The fourth-order valence-corrected chi connectivity index (χ4v) is 5.86. The van der Waals surface area contributed by atoms with Crippen LogP contribution in [0.4, 0.5) is 0 Å². The first kappa shape index (κ1) is 26.4. The molecule has 0 aliphatic carbocycles. The molecule has 0 unspecified atom stereocenters. The molecule has 0 bridgehead atoms. The number of carbonyl (C=O) groups excluding carboxylic acids is 1. The van der Waals surface area contributed by atoms with Gasteiger partial charge in [-0.15, -0.1) is 0 Å². The number of aromatic nitrogens is 1. The summed E-state index contributed by atoms with van der Waals surface area (Å²) in [6.45, 7) is 5.54.